The number of hydrogen-bond acceptors (Lipinski definition) is 6. The summed E-state index contributed by atoms with van der Waals surface area (Å²) in [5.74, 6) is 0.157. The standard InChI is InChI=1S/C20H20FN5O3S/c21-12-3-5-13(6-4-12)26-18-16(10-23-26)19(28)25-14(11-30-20(25)24-18)8-17(27)22-9-15-2-1-7-29-15/h3-6,10,14-15H,1-2,7-9,11H2,(H,22,27)/t14-,15+/m0/s1. The Balaban J connectivity index is 1.39. The quantitative estimate of drug-likeness (QED) is 0.625. The molecule has 0 bridgehead atoms. The first kappa shape index (κ1) is 19.3. The van der Waals surface area contributed by atoms with Crippen LogP contribution in [0, 0.1) is 5.82 Å². The van der Waals surface area contributed by atoms with Gasteiger partial charge in [0.25, 0.3) is 5.56 Å². The van der Waals surface area contributed by atoms with E-state index >= 15 is 0 Å². The fourth-order valence-electron chi connectivity index (χ4n) is 3.87. The summed E-state index contributed by atoms with van der Waals surface area (Å²) in [6.45, 7) is 1.25. The van der Waals surface area contributed by atoms with Crippen molar-refractivity contribution in [3.05, 3.63) is 46.6 Å². The number of ether oxygens (including phenoxy) is 1. The van der Waals surface area contributed by atoms with Crippen LogP contribution in [0.4, 0.5) is 4.39 Å². The Kier molecular flexibility index (Phi) is 5.03. The maximum absolute atomic E-state index is 13.2. The van der Waals surface area contributed by atoms with Crippen LogP contribution in [0.1, 0.15) is 25.3 Å². The Morgan fingerprint density at radius 3 is 2.93 bits per heavy atom. The van der Waals surface area contributed by atoms with Crippen molar-refractivity contribution >= 4 is 28.7 Å². The molecule has 1 saturated heterocycles. The van der Waals surface area contributed by atoms with Crippen LogP contribution in [0.15, 0.2) is 40.4 Å². The van der Waals surface area contributed by atoms with Crippen LogP contribution in [0.25, 0.3) is 16.7 Å². The van der Waals surface area contributed by atoms with Crippen molar-refractivity contribution in [3.63, 3.8) is 0 Å². The molecule has 2 atom stereocenters. The number of rotatable bonds is 5. The van der Waals surface area contributed by atoms with Crippen LogP contribution >= 0.6 is 11.8 Å². The van der Waals surface area contributed by atoms with E-state index in [1.165, 1.54) is 34.8 Å². The van der Waals surface area contributed by atoms with E-state index < -0.39 is 0 Å². The maximum Gasteiger partial charge on any atom is 0.265 e. The van der Waals surface area contributed by atoms with Gasteiger partial charge in [-0.15, -0.1) is 0 Å². The normalized spacial score (nSPS) is 20.6. The summed E-state index contributed by atoms with van der Waals surface area (Å²) in [6, 6.07) is 5.59. The topological polar surface area (TPSA) is 91.0 Å². The van der Waals surface area contributed by atoms with Crippen LogP contribution < -0.4 is 10.9 Å². The molecule has 2 aromatic heterocycles. The maximum atomic E-state index is 13.2. The second kappa shape index (κ2) is 7.84. The Labute approximate surface area is 175 Å². The molecule has 2 aliphatic rings. The van der Waals surface area contributed by atoms with E-state index in [1.807, 2.05) is 0 Å². The SMILES string of the molecule is O=C(C[C@H]1CSc2nc3c(cnn3-c3ccc(F)cc3)c(=O)n21)NC[C@H]1CCCO1. The minimum absolute atomic E-state index is 0.0838. The van der Waals surface area contributed by atoms with Gasteiger partial charge in [-0.25, -0.2) is 14.1 Å². The van der Waals surface area contributed by atoms with Gasteiger partial charge in [0, 0.05) is 25.3 Å². The molecular weight excluding hydrogens is 409 g/mol. The molecule has 5 rings (SSSR count). The molecule has 156 valence electrons. The monoisotopic (exact) mass is 429 g/mol. The first-order valence-electron chi connectivity index (χ1n) is 9.87. The molecule has 0 unspecified atom stereocenters. The molecule has 3 aromatic rings. The van der Waals surface area contributed by atoms with Gasteiger partial charge in [0.05, 0.1) is 24.0 Å². The molecule has 30 heavy (non-hydrogen) atoms. The zero-order chi connectivity index (χ0) is 20.7. The average Bonchev–Trinajstić information content (AvgIpc) is 3.48. The van der Waals surface area contributed by atoms with E-state index in [2.05, 4.69) is 15.4 Å². The van der Waals surface area contributed by atoms with Gasteiger partial charge in [0.2, 0.25) is 5.91 Å². The number of carbonyl (C=O) groups excluding carboxylic acids is 1. The molecule has 2 aliphatic heterocycles. The van der Waals surface area contributed by atoms with Gasteiger partial charge in [-0.2, -0.15) is 5.10 Å². The van der Waals surface area contributed by atoms with Crippen LogP contribution in [-0.2, 0) is 9.53 Å². The van der Waals surface area contributed by atoms with E-state index in [0.717, 1.165) is 19.4 Å². The number of fused-ring (bicyclic) bond motifs is 2. The van der Waals surface area contributed by atoms with E-state index in [-0.39, 0.29) is 35.9 Å². The molecule has 0 saturated carbocycles. The Hall–Kier alpha value is -2.72. The number of hydrogen-bond donors (Lipinski definition) is 1. The molecule has 8 nitrogen and oxygen atoms in total. The van der Waals surface area contributed by atoms with Crippen LogP contribution in [0.5, 0.6) is 0 Å². The molecular formula is C20H20FN5O3S. The van der Waals surface area contributed by atoms with Crippen LogP contribution in [0.2, 0.25) is 0 Å². The Morgan fingerprint density at radius 2 is 2.17 bits per heavy atom. The Bertz CT molecular complexity index is 1150. The number of carbonyl (C=O) groups is 1. The molecule has 1 aromatic carbocycles. The highest BCUT2D eigenvalue weighted by Crippen LogP contribution is 2.33. The number of halogens is 1. The lowest BCUT2D eigenvalue weighted by molar-refractivity contribution is -0.122. The van der Waals surface area contributed by atoms with Gasteiger partial charge in [0.15, 0.2) is 10.8 Å². The third-order valence-electron chi connectivity index (χ3n) is 5.41. The second-order valence-electron chi connectivity index (χ2n) is 7.45. The number of nitrogens with zero attached hydrogens (tertiary/aromatic N) is 4. The molecule has 10 heteroatoms. The van der Waals surface area contributed by atoms with Crippen molar-refractivity contribution in [3.8, 4) is 5.69 Å². The van der Waals surface area contributed by atoms with Crippen molar-refractivity contribution < 1.29 is 13.9 Å². The first-order valence-corrected chi connectivity index (χ1v) is 10.9. The van der Waals surface area contributed by atoms with Crippen molar-refractivity contribution in [2.75, 3.05) is 18.9 Å². The summed E-state index contributed by atoms with van der Waals surface area (Å²) < 4.78 is 21.9. The van der Waals surface area contributed by atoms with Crippen LogP contribution in [0.3, 0.4) is 0 Å². The van der Waals surface area contributed by atoms with E-state index in [4.69, 9.17) is 4.74 Å². The molecule has 1 N–H and O–H groups in total. The fourth-order valence-corrected chi connectivity index (χ4v) is 5.00. The summed E-state index contributed by atoms with van der Waals surface area (Å²) in [7, 11) is 0. The van der Waals surface area contributed by atoms with Crippen molar-refractivity contribution in [2.45, 2.75) is 36.6 Å². The number of aromatic nitrogens is 4. The molecule has 1 amide bonds. The van der Waals surface area contributed by atoms with Gasteiger partial charge in [-0.05, 0) is 37.1 Å². The van der Waals surface area contributed by atoms with Gasteiger partial charge in [-0.1, -0.05) is 11.8 Å². The minimum Gasteiger partial charge on any atom is -0.376 e. The lowest BCUT2D eigenvalue weighted by Crippen LogP contribution is -2.34. The van der Waals surface area contributed by atoms with Crippen molar-refractivity contribution in [2.24, 2.45) is 0 Å². The average molecular weight is 429 g/mol. The van der Waals surface area contributed by atoms with Gasteiger partial charge in [-0.3, -0.25) is 14.2 Å². The van der Waals surface area contributed by atoms with E-state index in [0.29, 0.717) is 34.2 Å². The minimum atomic E-state index is -0.347. The summed E-state index contributed by atoms with van der Waals surface area (Å²) in [6.07, 6.45) is 3.75. The van der Waals surface area contributed by atoms with E-state index in [9.17, 15) is 14.0 Å². The lowest BCUT2D eigenvalue weighted by atomic mass is 10.2. The van der Waals surface area contributed by atoms with Crippen LogP contribution in [-0.4, -0.2) is 50.2 Å². The summed E-state index contributed by atoms with van der Waals surface area (Å²) >= 11 is 1.45. The molecule has 4 heterocycles. The Morgan fingerprint density at radius 1 is 1.33 bits per heavy atom. The number of benzene rings is 1. The van der Waals surface area contributed by atoms with Gasteiger partial charge < -0.3 is 10.1 Å². The second-order valence-corrected chi connectivity index (χ2v) is 8.43. The number of nitrogens with one attached hydrogen (secondary N) is 1. The number of thioether (sulfide) groups is 1. The fraction of sp³-hybridized carbons (Fsp3) is 0.400. The number of amides is 1. The molecule has 0 radical (unpaired) electrons. The van der Waals surface area contributed by atoms with Gasteiger partial charge in [0.1, 0.15) is 11.2 Å². The predicted molar refractivity (Wildman–Crippen MR) is 109 cm³/mol. The summed E-state index contributed by atoms with van der Waals surface area (Å²) in [5.41, 5.74) is 0.829. The smallest absolute Gasteiger partial charge is 0.265 e. The highest BCUT2D eigenvalue weighted by Gasteiger charge is 2.30. The third kappa shape index (κ3) is 3.50. The molecule has 0 aliphatic carbocycles. The van der Waals surface area contributed by atoms with Crippen molar-refractivity contribution in [1.29, 1.82) is 0 Å². The first-order chi connectivity index (χ1) is 14.6. The zero-order valence-electron chi connectivity index (χ0n) is 16.1. The highest BCUT2D eigenvalue weighted by atomic mass is 32.2. The zero-order valence-corrected chi connectivity index (χ0v) is 16.9. The third-order valence-corrected chi connectivity index (χ3v) is 6.51. The summed E-state index contributed by atoms with van der Waals surface area (Å²) in [4.78, 5) is 30.1. The van der Waals surface area contributed by atoms with Gasteiger partial charge >= 0.3 is 0 Å². The molecule has 0 spiro atoms. The largest absolute Gasteiger partial charge is 0.376 e. The summed E-state index contributed by atoms with van der Waals surface area (Å²) in [5, 5.41) is 8.12. The highest BCUT2D eigenvalue weighted by molar-refractivity contribution is 7.99. The van der Waals surface area contributed by atoms with Crippen molar-refractivity contribution in [1.82, 2.24) is 24.6 Å². The predicted octanol–water partition coefficient (Wildman–Crippen LogP) is 2.05. The van der Waals surface area contributed by atoms with E-state index in [1.54, 1.807) is 16.7 Å². The molecule has 1 fully saturated rings. The lowest BCUT2D eigenvalue weighted by Gasteiger charge is -2.15.